The molecule has 2 fully saturated rings. The molecule has 5 nitrogen and oxygen atoms in total. The molecule has 2 unspecified atom stereocenters. The van der Waals surface area contributed by atoms with Crippen LogP contribution >= 0.6 is 23.2 Å². The van der Waals surface area contributed by atoms with E-state index in [4.69, 9.17) is 23.2 Å². The number of fused-ring (bicyclic) bond motifs is 1. The van der Waals surface area contributed by atoms with E-state index in [1.54, 1.807) is 13.8 Å². The zero-order valence-electron chi connectivity index (χ0n) is 11.3. The molecular weight excluding hydrogens is 335 g/mol. The monoisotopic (exact) mass is 346 g/mol. The van der Waals surface area contributed by atoms with Gasteiger partial charge in [0, 0.05) is 20.8 Å². The number of halogens is 2. The molecule has 8 heteroatoms. The number of nitrogens with zero attached hydrogens (tertiary/aromatic N) is 2. The van der Waals surface area contributed by atoms with E-state index in [1.165, 1.54) is 23.1 Å². The van der Waals surface area contributed by atoms with Crippen molar-refractivity contribution >= 4 is 51.6 Å². The number of carbonyl (C=O) groups excluding carboxylic acids is 2. The fraction of sp³-hybridized carbons (Fsp3) is 0.385. The van der Waals surface area contributed by atoms with E-state index < -0.39 is 33.5 Å². The van der Waals surface area contributed by atoms with Crippen molar-refractivity contribution in [2.45, 2.75) is 24.6 Å². The quantitative estimate of drug-likeness (QED) is 0.734. The van der Waals surface area contributed by atoms with Crippen LogP contribution in [0.1, 0.15) is 13.8 Å². The molecule has 3 rings (SSSR count). The standard InChI is InChI=1S/C13H12Cl2N2O3S/c1-13(2)10-11(18)17(12(19)16(10)6-21(13)20)9-4-7(14)3-8(15)5-9/h3-5,10H,6H2,1-2H3. The Bertz CT molecular complexity index is 672. The van der Waals surface area contributed by atoms with Gasteiger partial charge in [-0.2, -0.15) is 0 Å². The van der Waals surface area contributed by atoms with Crippen molar-refractivity contribution in [2.24, 2.45) is 0 Å². The number of imide groups is 1. The summed E-state index contributed by atoms with van der Waals surface area (Å²) in [6.07, 6.45) is 0. The number of benzene rings is 1. The lowest BCUT2D eigenvalue weighted by Crippen LogP contribution is -2.44. The number of hydrogen-bond acceptors (Lipinski definition) is 3. The van der Waals surface area contributed by atoms with Gasteiger partial charge in [-0.1, -0.05) is 23.2 Å². The lowest BCUT2D eigenvalue weighted by Gasteiger charge is -2.22. The van der Waals surface area contributed by atoms with Crippen molar-refractivity contribution in [3.63, 3.8) is 0 Å². The van der Waals surface area contributed by atoms with Crippen LogP contribution in [0.4, 0.5) is 10.5 Å². The van der Waals surface area contributed by atoms with Gasteiger partial charge >= 0.3 is 6.03 Å². The molecule has 0 aliphatic carbocycles. The lowest BCUT2D eigenvalue weighted by atomic mass is 10.0. The first-order chi connectivity index (χ1) is 9.73. The molecule has 21 heavy (non-hydrogen) atoms. The van der Waals surface area contributed by atoms with E-state index in [2.05, 4.69) is 0 Å². The second-order valence-electron chi connectivity index (χ2n) is 5.53. The van der Waals surface area contributed by atoms with Gasteiger partial charge in [-0.15, -0.1) is 0 Å². The molecule has 2 atom stereocenters. The van der Waals surface area contributed by atoms with Crippen molar-refractivity contribution in [3.8, 4) is 0 Å². The van der Waals surface area contributed by atoms with Crippen LogP contribution in [0.15, 0.2) is 18.2 Å². The number of carbonyl (C=O) groups is 2. The summed E-state index contributed by atoms with van der Waals surface area (Å²) in [5.41, 5.74) is 0.332. The maximum atomic E-state index is 12.6. The molecule has 2 aliphatic heterocycles. The number of rotatable bonds is 1. The smallest absolute Gasteiger partial charge is 0.299 e. The van der Waals surface area contributed by atoms with E-state index >= 15 is 0 Å². The summed E-state index contributed by atoms with van der Waals surface area (Å²) in [5, 5.41) is 0.681. The SMILES string of the molecule is CC1(C)C2C(=O)N(c3cc(Cl)cc(Cl)c3)C(=O)N2CS1=O. The van der Waals surface area contributed by atoms with Gasteiger partial charge in [0.15, 0.2) is 0 Å². The van der Waals surface area contributed by atoms with Crippen LogP contribution in [0.3, 0.4) is 0 Å². The van der Waals surface area contributed by atoms with Gasteiger partial charge in [0.1, 0.15) is 6.04 Å². The van der Waals surface area contributed by atoms with E-state index in [0.717, 1.165) is 4.90 Å². The number of urea groups is 1. The molecule has 0 saturated carbocycles. The molecule has 2 aliphatic rings. The van der Waals surface area contributed by atoms with Gasteiger partial charge < -0.3 is 0 Å². The van der Waals surface area contributed by atoms with Crippen LogP contribution in [0, 0.1) is 0 Å². The fourth-order valence-electron chi connectivity index (χ4n) is 2.71. The Morgan fingerprint density at radius 3 is 2.29 bits per heavy atom. The summed E-state index contributed by atoms with van der Waals surface area (Å²) in [4.78, 5) is 27.5. The highest BCUT2D eigenvalue weighted by Gasteiger charge is 2.60. The van der Waals surface area contributed by atoms with E-state index in [1.807, 2.05) is 0 Å². The highest BCUT2D eigenvalue weighted by molar-refractivity contribution is 7.86. The van der Waals surface area contributed by atoms with Gasteiger partial charge in [-0.25, -0.2) is 9.69 Å². The number of anilines is 1. The van der Waals surface area contributed by atoms with Gasteiger partial charge in [-0.3, -0.25) is 13.9 Å². The predicted molar refractivity (Wildman–Crippen MR) is 82.1 cm³/mol. The first-order valence-corrected chi connectivity index (χ1v) is 8.30. The third kappa shape index (κ3) is 2.08. The highest BCUT2D eigenvalue weighted by Crippen LogP contribution is 2.39. The van der Waals surface area contributed by atoms with Crippen LogP contribution in [0.5, 0.6) is 0 Å². The molecule has 0 aromatic heterocycles. The minimum atomic E-state index is -1.26. The largest absolute Gasteiger partial charge is 0.332 e. The minimum Gasteiger partial charge on any atom is -0.299 e. The predicted octanol–water partition coefficient (Wildman–Crippen LogP) is 2.63. The van der Waals surface area contributed by atoms with E-state index in [-0.39, 0.29) is 5.88 Å². The molecule has 2 saturated heterocycles. The maximum Gasteiger partial charge on any atom is 0.332 e. The van der Waals surface area contributed by atoms with Crippen molar-refractivity contribution < 1.29 is 13.8 Å². The Labute approximate surface area is 134 Å². The second kappa shape index (κ2) is 4.69. The minimum absolute atomic E-state index is 0.0625. The first-order valence-electron chi connectivity index (χ1n) is 6.22. The topological polar surface area (TPSA) is 57.7 Å². The summed E-state index contributed by atoms with van der Waals surface area (Å²) in [5.74, 6) is -0.332. The van der Waals surface area contributed by atoms with Crippen molar-refractivity contribution in [3.05, 3.63) is 28.2 Å². The van der Waals surface area contributed by atoms with E-state index in [9.17, 15) is 13.8 Å². The molecular formula is C13H12Cl2N2O3S. The van der Waals surface area contributed by atoms with Gasteiger partial charge in [0.2, 0.25) is 0 Å². The Kier molecular flexibility index (Phi) is 3.31. The Hall–Kier alpha value is -1.11. The van der Waals surface area contributed by atoms with Crippen LogP contribution < -0.4 is 4.90 Å². The summed E-state index contributed by atoms with van der Waals surface area (Å²) < 4.78 is 11.3. The average molecular weight is 347 g/mol. The van der Waals surface area contributed by atoms with Crippen LogP contribution in [0.2, 0.25) is 10.0 Å². The van der Waals surface area contributed by atoms with Crippen molar-refractivity contribution in [2.75, 3.05) is 10.8 Å². The molecule has 3 amide bonds. The van der Waals surface area contributed by atoms with Crippen LogP contribution in [-0.2, 0) is 15.6 Å². The Morgan fingerprint density at radius 1 is 1.19 bits per heavy atom. The second-order valence-corrected chi connectivity index (χ2v) is 8.41. The zero-order valence-corrected chi connectivity index (χ0v) is 13.6. The summed E-state index contributed by atoms with van der Waals surface area (Å²) in [7, 11) is -1.26. The third-order valence-corrected chi connectivity index (χ3v) is 6.16. The van der Waals surface area contributed by atoms with Gasteiger partial charge in [0.05, 0.1) is 16.3 Å². The zero-order chi connectivity index (χ0) is 15.5. The van der Waals surface area contributed by atoms with Crippen LogP contribution in [-0.4, -0.2) is 37.7 Å². The average Bonchev–Trinajstić information content (AvgIpc) is 2.73. The van der Waals surface area contributed by atoms with Crippen molar-refractivity contribution in [1.82, 2.24) is 4.90 Å². The number of hydrogen-bond donors (Lipinski definition) is 0. The molecule has 0 bridgehead atoms. The molecule has 0 spiro atoms. The highest BCUT2D eigenvalue weighted by atomic mass is 35.5. The summed E-state index contributed by atoms with van der Waals surface area (Å²) in [6.45, 7) is 3.46. The van der Waals surface area contributed by atoms with Gasteiger partial charge in [-0.05, 0) is 32.0 Å². The molecule has 112 valence electrons. The molecule has 2 heterocycles. The first kappa shape index (κ1) is 14.8. The van der Waals surface area contributed by atoms with Crippen molar-refractivity contribution in [1.29, 1.82) is 0 Å². The third-order valence-electron chi connectivity index (χ3n) is 3.81. The molecule has 0 N–H and O–H groups in total. The normalized spacial score (nSPS) is 27.4. The fourth-order valence-corrected chi connectivity index (χ4v) is 4.55. The lowest BCUT2D eigenvalue weighted by molar-refractivity contribution is -0.119. The summed E-state index contributed by atoms with van der Waals surface area (Å²) in [6, 6.07) is 3.34. The van der Waals surface area contributed by atoms with E-state index in [0.29, 0.717) is 15.7 Å². The summed E-state index contributed by atoms with van der Waals surface area (Å²) >= 11 is 11.9. The maximum absolute atomic E-state index is 12.6. The Balaban J connectivity index is 2.06. The Morgan fingerprint density at radius 2 is 1.76 bits per heavy atom. The van der Waals surface area contributed by atoms with Gasteiger partial charge in [0.25, 0.3) is 5.91 Å². The molecule has 1 aromatic carbocycles. The molecule has 1 aromatic rings. The number of amides is 3. The van der Waals surface area contributed by atoms with Crippen LogP contribution in [0.25, 0.3) is 0 Å². The molecule has 0 radical (unpaired) electrons.